The molecule has 2 aliphatic heterocycles. The molecule has 0 saturated heterocycles. The summed E-state index contributed by atoms with van der Waals surface area (Å²) >= 11 is 0. The molecule has 0 aliphatic carbocycles. The van der Waals surface area contributed by atoms with Crippen LogP contribution in [0, 0.1) is 0 Å². The summed E-state index contributed by atoms with van der Waals surface area (Å²) in [5, 5.41) is 0. The second-order valence-corrected chi connectivity index (χ2v) is 20.0. The first-order valence-corrected chi connectivity index (χ1v) is 24.4. The Hall–Kier alpha value is -6.36. The van der Waals surface area contributed by atoms with Crippen molar-refractivity contribution in [3.8, 4) is 44.5 Å². The number of aromatic nitrogens is 4. The molecule has 16 nitrogen and oxygen atoms in total. The number of rotatable bonds is 8. The smallest absolute Gasteiger partial charge is 0.657 e. The molecule has 9 rings (SSSR count). The van der Waals surface area contributed by atoms with E-state index >= 15 is 0 Å². The Morgan fingerprint density at radius 1 is 0.308 bits per heavy atom. The van der Waals surface area contributed by atoms with Crippen LogP contribution in [-0.2, 0) is 57.5 Å². The molecule has 7 aromatic rings. The van der Waals surface area contributed by atoms with E-state index in [-0.39, 0.29) is 36.7 Å². The van der Waals surface area contributed by atoms with Crippen molar-refractivity contribution < 1.29 is 69.0 Å². The SMILES string of the molecule is O=S(=O)(O)c1ccc(-c2c3nc(c(-c4ccc(S(=O)(=O)O)cc4)c4ccc([n-]4)c(-c4ccc(S(=O)(=O)O)cc4)c4nc(c(-c5ccc(S(=O)(=O)O)cc5)c5ccc2[n-]5)C=C4)C=C3)cc1.[Cu+2]. The van der Waals surface area contributed by atoms with Gasteiger partial charge in [0.1, 0.15) is 0 Å². The standard InChI is InChI=1S/C44H28N4O12S4.Cu/c49-61(50,51)29-9-1-25(2-10-29)41-33-17-19-35(45-33)42(26-3-11-30(12-4-26)62(52,53)54)37-21-23-39(47-37)44(28-7-15-32(16-8-28)64(58,59)60)40-24-22-38(48-40)43(36-20-18-34(41)46-36)27-5-13-31(14-6-27)63(55,56)57;/h1-24H,(H,49,50,51)(H,52,53,54)(H,55,56,57)(H,58,59,60);/q-2;+2. The van der Waals surface area contributed by atoms with Gasteiger partial charge in [-0.1, -0.05) is 72.8 Å². The summed E-state index contributed by atoms with van der Waals surface area (Å²) in [7, 11) is -18.2. The van der Waals surface area contributed by atoms with Crippen LogP contribution in [0.1, 0.15) is 22.8 Å². The van der Waals surface area contributed by atoms with E-state index in [0.29, 0.717) is 89.4 Å². The second-order valence-electron chi connectivity index (χ2n) is 14.4. The monoisotopic (exact) mass is 995 g/mol. The quantitative estimate of drug-likeness (QED) is 0.0844. The normalized spacial score (nSPS) is 12.9. The Morgan fingerprint density at radius 2 is 0.492 bits per heavy atom. The molecule has 1 radical (unpaired) electrons. The zero-order valence-electron chi connectivity index (χ0n) is 32.6. The fraction of sp³-hybridized carbons (Fsp3) is 0. The second kappa shape index (κ2) is 16.6. The molecular weight excluding hydrogens is 968 g/mol. The van der Waals surface area contributed by atoms with Crippen LogP contribution >= 0.6 is 0 Å². The average Bonchev–Trinajstić information content (AvgIpc) is 4.08. The van der Waals surface area contributed by atoms with Crippen LogP contribution in [0.3, 0.4) is 0 Å². The van der Waals surface area contributed by atoms with Gasteiger partial charge in [0, 0.05) is 0 Å². The predicted molar refractivity (Wildman–Crippen MR) is 238 cm³/mol. The topological polar surface area (TPSA) is 271 Å². The molecular formula is C44H28CuN4O12S4. The molecule has 5 heterocycles. The first-order valence-electron chi connectivity index (χ1n) is 18.6. The minimum atomic E-state index is -4.56. The summed E-state index contributed by atoms with van der Waals surface area (Å²) in [6, 6.07) is 28.4. The third-order valence-corrected chi connectivity index (χ3v) is 13.8. The van der Waals surface area contributed by atoms with E-state index in [0.717, 1.165) is 0 Å². The maximum absolute atomic E-state index is 12.0. The summed E-state index contributed by atoms with van der Waals surface area (Å²) in [5.41, 5.74) is 6.28. The molecule has 3 aromatic heterocycles. The third-order valence-electron chi connectivity index (χ3n) is 10.4. The van der Waals surface area contributed by atoms with E-state index < -0.39 is 40.5 Å². The van der Waals surface area contributed by atoms with Crippen LogP contribution in [0.4, 0.5) is 0 Å². The molecule has 8 bridgehead atoms. The van der Waals surface area contributed by atoms with Gasteiger partial charge in [-0.3, -0.25) is 18.2 Å². The number of hydrogen-bond donors (Lipinski definition) is 4. The van der Waals surface area contributed by atoms with E-state index in [4.69, 9.17) is 19.9 Å². The molecule has 2 aliphatic rings. The summed E-state index contributed by atoms with van der Waals surface area (Å²) < 4.78 is 135. The molecule has 0 saturated carbocycles. The van der Waals surface area contributed by atoms with Crippen molar-refractivity contribution >= 4 is 86.8 Å². The summed E-state index contributed by atoms with van der Waals surface area (Å²) in [6.07, 6.45) is 6.79. The Balaban J connectivity index is 0.00000576. The molecule has 4 N–H and O–H groups in total. The van der Waals surface area contributed by atoms with Gasteiger partial charge in [0.05, 0.1) is 42.4 Å². The molecule has 0 fully saturated rings. The Labute approximate surface area is 381 Å². The minimum absolute atomic E-state index is 0. The maximum Gasteiger partial charge on any atom is 2.00 e. The van der Waals surface area contributed by atoms with Gasteiger partial charge in [-0.25, -0.2) is 9.97 Å². The van der Waals surface area contributed by atoms with Gasteiger partial charge in [0.25, 0.3) is 40.5 Å². The van der Waals surface area contributed by atoms with Gasteiger partial charge in [-0.15, -0.1) is 22.1 Å². The van der Waals surface area contributed by atoms with E-state index in [2.05, 4.69) is 0 Å². The summed E-state index contributed by atoms with van der Waals surface area (Å²) in [5.74, 6) is 0. The van der Waals surface area contributed by atoms with Crippen molar-refractivity contribution in [3.05, 3.63) is 144 Å². The van der Waals surface area contributed by atoms with Crippen LogP contribution in [-0.4, -0.2) is 61.9 Å². The van der Waals surface area contributed by atoms with E-state index in [1.54, 1.807) is 48.6 Å². The minimum Gasteiger partial charge on any atom is -0.657 e. The van der Waals surface area contributed by atoms with Gasteiger partial charge in [0.2, 0.25) is 0 Å². The number of benzene rings is 4. The molecule has 0 unspecified atom stereocenters. The van der Waals surface area contributed by atoms with Crippen LogP contribution in [0.5, 0.6) is 0 Å². The third kappa shape index (κ3) is 8.89. The molecule has 65 heavy (non-hydrogen) atoms. The predicted octanol–water partition coefficient (Wildman–Crippen LogP) is 7.57. The van der Waals surface area contributed by atoms with Crippen molar-refractivity contribution in [2.24, 2.45) is 0 Å². The molecule has 331 valence electrons. The van der Waals surface area contributed by atoms with E-state index in [1.807, 2.05) is 0 Å². The fourth-order valence-corrected chi connectivity index (χ4v) is 9.36. The largest absolute Gasteiger partial charge is 2.00 e. The van der Waals surface area contributed by atoms with Crippen molar-refractivity contribution in [2.75, 3.05) is 0 Å². The maximum atomic E-state index is 12.0. The fourth-order valence-electron chi connectivity index (χ4n) is 7.44. The number of fused-ring (bicyclic) bond motifs is 8. The molecule has 4 aromatic carbocycles. The Bertz CT molecular complexity index is 3300. The van der Waals surface area contributed by atoms with E-state index in [9.17, 15) is 51.9 Å². The van der Waals surface area contributed by atoms with Gasteiger partial charge < -0.3 is 9.97 Å². The Morgan fingerprint density at radius 3 is 0.662 bits per heavy atom. The number of nitrogens with zero attached hydrogens (tertiary/aromatic N) is 4. The molecule has 21 heteroatoms. The summed E-state index contributed by atoms with van der Waals surface area (Å²) in [4.78, 5) is 18.7. The van der Waals surface area contributed by atoms with Crippen LogP contribution in [0.15, 0.2) is 141 Å². The first kappa shape index (κ1) is 45.2. The summed E-state index contributed by atoms with van der Waals surface area (Å²) in [6.45, 7) is 0. The van der Waals surface area contributed by atoms with Crippen molar-refractivity contribution in [3.63, 3.8) is 0 Å². The number of hydrogen-bond acceptors (Lipinski definition) is 10. The van der Waals surface area contributed by atoms with Crippen LogP contribution < -0.4 is 9.97 Å². The van der Waals surface area contributed by atoms with Crippen LogP contribution in [0.2, 0.25) is 0 Å². The zero-order chi connectivity index (χ0) is 45.3. The van der Waals surface area contributed by atoms with Gasteiger partial charge >= 0.3 is 17.1 Å². The molecule has 0 spiro atoms. The van der Waals surface area contributed by atoms with Gasteiger partial charge in [0.15, 0.2) is 0 Å². The van der Waals surface area contributed by atoms with Crippen molar-refractivity contribution in [2.45, 2.75) is 19.6 Å². The van der Waals surface area contributed by atoms with E-state index in [1.165, 1.54) is 97.1 Å². The zero-order valence-corrected chi connectivity index (χ0v) is 36.8. The molecule has 0 atom stereocenters. The van der Waals surface area contributed by atoms with Gasteiger partial charge in [-0.05, 0) is 117 Å². The van der Waals surface area contributed by atoms with Crippen molar-refractivity contribution in [1.29, 1.82) is 0 Å². The average molecular weight is 997 g/mol. The van der Waals surface area contributed by atoms with Crippen molar-refractivity contribution in [1.82, 2.24) is 19.9 Å². The first-order chi connectivity index (χ1) is 30.2. The van der Waals surface area contributed by atoms with Gasteiger partial charge in [-0.2, -0.15) is 33.7 Å². The molecule has 0 amide bonds. The Kier molecular flexibility index (Phi) is 11.5. The van der Waals surface area contributed by atoms with Crippen LogP contribution in [0.25, 0.3) is 90.9 Å².